The summed E-state index contributed by atoms with van der Waals surface area (Å²) in [6.45, 7) is 2.04. The van der Waals surface area contributed by atoms with Gasteiger partial charge in [-0.3, -0.25) is 4.57 Å². The van der Waals surface area contributed by atoms with Crippen LogP contribution in [0, 0.1) is 6.92 Å². The highest BCUT2D eigenvalue weighted by atomic mass is 79.9. The number of aromatic nitrogens is 3. The Labute approximate surface area is 101 Å². The molecule has 0 atom stereocenters. The minimum Gasteiger partial charge on any atom is -0.284 e. The lowest BCUT2D eigenvalue weighted by atomic mass is 10.2. The van der Waals surface area contributed by atoms with E-state index in [0.717, 1.165) is 21.5 Å². The van der Waals surface area contributed by atoms with Crippen LogP contribution in [-0.4, -0.2) is 14.8 Å². The zero-order chi connectivity index (χ0) is 10.8. The molecule has 0 saturated heterocycles. The Morgan fingerprint density at radius 2 is 2.27 bits per heavy atom. The van der Waals surface area contributed by atoms with Crippen LogP contribution >= 0.6 is 27.5 Å². The van der Waals surface area contributed by atoms with E-state index in [-0.39, 0.29) is 0 Å². The highest BCUT2D eigenvalue weighted by molar-refractivity contribution is 9.10. The number of halogens is 2. The predicted octanol–water partition coefficient (Wildman–Crippen LogP) is 3.08. The molecule has 78 valence electrons. The van der Waals surface area contributed by atoms with Crippen molar-refractivity contribution in [2.75, 3.05) is 0 Å². The van der Waals surface area contributed by atoms with Crippen molar-refractivity contribution in [3.8, 4) is 5.69 Å². The van der Waals surface area contributed by atoms with Gasteiger partial charge in [0.05, 0.1) is 11.6 Å². The number of benzene rings is 1. The summed E-state index contributed by atoms with van der Waals surface area (Å²) in [7, 11) is 0. The van der Waals surface area contributed by atoms with E-state index in [1.807, 2.05) is 29.7 Å². The molecule has 0 N–H and O–H groups in total. The predicted molar refractivity (Wildman–Crippen MR) is 63.4 cm³/mol. The van der Waals surface area contributed by atoms with Crippen molar-refractivity contribution in [3.63, 3.8) is 0 Å². The Morgan fingerprint density at radius 1 is 1.47 bits per heavy atom. The third-order valence-corrected chi connectivity index (χ3v) is 2.90. The molecule has 5 heteroatoms. The standard InChI is InChI=1S/C10H9BrClN3/c1-7-2-3-8(11)4-9(7)15-6-13-14-10(15)5-12/h2-4,6H,5H2,1H3. The fourth-order valence-corrected chi connectivity index (χ4v) is 1.92. The minimum atomic E-state index is 0.353. The van der Waals surface area contributed by atoms with Crippen LogP contribution in [0.3, 0.4) is 0 Å². The largest absolute Gasteiger partial charge is 0.284 e. The van der Waals surface area contributed by atoms with Gasteiger partial charge in [0, 0.05) is 4.47 Å². The third kappa shape index (κ3) is 2.06. The molecule has 0 aliphatic heterocycles. The summed E-state index contributed by atoms with van der Waals surface area (Å²) in [5, 5.41) is 7.80. The quantitative estimate of drug-likeness (QED) is 0.794. The molecule has 0 fully saturated rings. The van der Waals surface area contributed by atoms with Crippen LogP contribution in [0.2, 0.25) is 0 Å². The SMILES string of the molecule is Cc1ccc(Br)cc1-n1cnnc1CCl. The van der Waals surface area contributed by atoms with Gasteiger partial charge < -0.3 is 0 Å². The highest BCUT2D eigenvalue weighted by Gasteiger charge is 2.07. The summed E-state index contributed by atoms with van der Waals surface area (Å²) in [6.07, 6.45) is 1.67. The number of aryl methyl sites for hydroxylation is 1. The summed E-state index contributed by atoms with van der Waals surface area (Å²) in [4.78, 5) is 0. The molecule has 0 bridgehead atoms. The van der Waals surface area contributed by atoms with Crippen LogP contribution in [-0.2, 0) is 5.88 Å². The fraction of sp³-hybridized carbons (Fsp3) is 0.200. The van der Waals surface area contributed by atoms with Crippen LogP contribution in [0.25, 0.3) is 5.69 Å². The first-order chi connectivity index (χ1) is 7.22. The molecule has 0 aliphatic carbocycles. The van der Waals surface area contributed by atoms with Gasteiger partial charge in [0.25, 0.3) is 0 Å². The first-order valence-corrected chi connectivity index (χ1v) is 5.76. The zero-order valence-corrected chi connectivity index (χ0v) is 10.5. The second-order valence-corrected chi connectivity index (χ2v) is 4.36. The second kappa shape index (κ2) is 4.33. The van der Waals surface area contributed by atoms with E-state index in [4.69, 9.17) is 11.6 Å². The third-order valence-electron chi connectivity index (χ3n) is 2.17. The molecule has 1 aromatic carbocycles. The molecule has 15 heavy (non-hydrogen) atoms. The molecule has 0 unspecified atom stereocenters. The van der Waals surface area contributed by atoms with E-state index in [1.165, 1.54) is 0 Å². The lowest BCUT2D eigenvalue weighted by Gasteiger charge is -2.08. The van der Waals surface area contributed by atoms with Gasteiger partial charge in [0.1, 0.15) is 6.33 Å². The molecule has 0 amide bonds. The van der Waals surface area contributed by atoms with Gasteiger partial charge in [-0.25, -0.2) is 0 Å². The first kappa shape index (κ1) is 10.6. The van der Waals surface area contributed by atoms with E-state index in [9.17, 15) is 0 Å². The van der Waals surface area contributed by atoms with Gasteiger partial charge in [0.15, 0.2) is 5.82 Å². The molecule has 0 spiro atoms. The van der Waals surface area contributed by atoms with Crippen molar-refractivity contribution in [3.05, 3.63) is 40.4 Å². The van der Waals surface area contributed by atoms with Gasteiger partial charge in [-0.2, -0.15) is 0 Å². The minimum absolute atomic E-state index is 0.353. The molecule has 0 saturated carbocycles. The number of alkyl halides is 1. The Bertz CT molecular complexity index is 481. The lowest BCUT2D eigenvalue weighted by molar-refractivity contribution is 0.942. The molecule has 0 radical (unpaired) electrons. The first-order valence-electron chi connectivity index (χ1n) is 4.44. The number of nitrogens with zero attached hydrogens (tertiary/aromatic N) is 3. The van der Waals surface area contributed by atoms with Crippen LogP contribution < -0.4 is 0 Å². The van der Waals surface area contributed by atoms with E-state index < -0.39 is 0 Å². The van der Waals surface area contributed by atoms with Crippen molar-refractivity contribution in [1.82, 2.24) is 14.8 Å². The molecule has 2 rings (SSSR count). The monoisotopic (exact) mass is 285 g/mol. The average Bonchev–Trinajstić information content (AvgIpc) is 2.69. The van der Waals surface area contributed by atoms with Crippen LogP contribution in [0.4, 0.5) is 0 Å². The van der Waals surface area contributed by atoms with Gasteiger partial charge in [-0.15, -0.1) is 21.8 Å². The Morgan fingerprint density at radius 3 is 3.00 bits per heavy atom. The van der Waals surface area contributed by atoms with Gasteiger partial charge in [0.2, 0.25) is 0 Å². The number of hydrogen-bond donors (Lipinski definition) is 0. The summed E-state index contributed by atoms with van der Waals surface area (Å²) in [5.41, 5.74) is 2.20. The van der Waals surface area contributed by atoms with Crippen molar-refractivity contribution in [1.29, 1.82) is 0 Å². The Kier molecular flexibility index (Phi) is 3.07. The number of hydrogen-bond acceptors (Lipinski definition) is 2. The molecule has 1 aromatic heterocycles. The maximum absolute atomic E-state index is 5.78. The van der Waals surface area contributed by atoms with Crippen LogP contribution in [0.5, 0.6) is 0 Å². The molecule has 3 nitrogen and oxygen atoms in total. The summed E-state index contributed by atoms with van der Waals surface area (Å²) in [5.74, 6) is 1.10. The van der Waals surface area contributed by atoms with Crippen molar-refractivity contribution in [2.45, 2.75) is 12.8 Å². The van der Waals surface area contributed by atoms with Crippen molar-refractivity contribution < 1.29 is 0 Å². The van der Waals surface area contributed by atoms with E-state index >= 15 is 0 Å². The molecule has 0 aliphatic rings. The van der Waals surface area contributed by atoms with Crippen molar-refractivity contribution in [2.24, 2.45) is 0 Å². The maximum Gasteiger partial charge on any atom is 0.152 e. The van der Waals surface area contributed by atoms with Gasteiger partial charge in [-0.05, 0) is 24.6 Å². The number of rotatable bonds is 2. The normalized spacial score (nSPS) is 10.6. The van der Waals surface area contributed by atoms with Crippen LogP contribution in [0.15, 0.2) is 29.0 Å². The summed E-state index contributed by atoms with van der Waals surface area (Å²) < 4.78 is 2.92. The summed E-state index contributed by atoms with van der Waals surface area (Å²) in [6, 6.07) is 6.07. The fourth-order valence-electron chi connectivity index (χ4n) is 1.39. The Hall–Kier alpha value is -0.870. The van der Waals surface area contributed by atoms with E-state index in [0.29, 0.717) is 5.88 Å². The zero-order valence-electron chi connectivity index (χ0n) is 8.11. The van der Waals surface area contributed by atoms with Gasteiger partial charge >= 0.3 is 0 Å². The molecular weight excluding hydrogens is 277 g/mol. The Balaban J connectivity index is 2.58. The summed E-state index contributed by atoms with van der Waals surface area (Å²) >= 11 is 9.22. The van der Waals surface area contributed by atoms with Gasteiger partial charge in [-0.1, -0.05) is 22.0 Å². The van der Waals surface area contributed by atoms with Crippen LogP contribution in [0.1, 0.15) is 11.4 Å². The smallest absolute Gasteiger partial charge is 0.152 e. The van der Waals surface area contributed by atoms with E-state index in [2.05, 4.69) is 26.1 Å². The maximum atomic E-state index is 5.78. The second-order valence-electron chi connectivity index (χ2n) is 3.18. The average molecular weight is 287 g/mol. The van der Waals surface area contributed by atoms with Crippen molar-refractivity contribution >= 4 is 27.5 Å². The van der Waals surface area contributed by atoms with E-state index in [1.54, 1.807) is 6.33 Å². The molecular formula is C10H9BrClN3. The molecule has 2 aromatic rings. The highest BCUT2D eigenvalue weighted by Crippen LogP contribution is 2.20. The topological polar surface area (TPSA) is 30.7 Å². The lowest BCUT2D eigenvalue weighted by Crippen LogP contribution is -2.00. The molecule has 1 heterocycles.